The van der Waals surface area contributed by atoms with Gasteiger partial charge in [0, 0.05) is 0 Å². The van der Waals surface area contributed by atoms with Gasteiger partial charge in [0.15, 0.2) is 0 Å². The first-order valence-electron chi connectivity index (χ1n) is 17.1. The molecule has 0 bridgehead atoms. The van der Waals surface area contributed by atoms with E-state index in [1.807, 2.05) is 0 Å². The van der Waals surface area contributed by atoms with E-state index in [9.17, 15) is 84.7 Å². The molecule has 0 amide bonds. The van der Waals surface area contributed by atoms with Crippen molar-refractivity contribution in [3.05, 3.63) is 179 Å². The third kappa shape index (κ3) is 13.5. The SMILES string of the molecule is O=C([O-])c1ccc(S(=O)(=O)c2ccc(C(=O)[O-])cc2)cc1.O=C([O-])c1ccc(S(=O)(=O)c2ccc(C(=O)[O-])cc2)cc1.O=C([O-])c1ccc(S(=O)(=O)c2ccc(C(=O)[O-])cc2)cc1.[Fe+3].[Fe+3]. The monoisotopic (exact) mass is 1020 g/mol. The summed E-state index contributed by atoms with van der Waals surface area (Å²) >= 11 is 0. The van der Waals surface area contributed by atoms with E-state index in [2.05, 4.69) is 0 Å². The minimum atomic E-state index is -3.85. The van der Waals surface area contributed by atoms with Crippen LogP contribution in [-0.4, -0.2) is 61.1 Å². The molecule has 334 valence electrons. The molecule has 18 nitrogen and oxygen atoms in total. The van der Waals surface area contributed by atoms with E-state index in [1.54, 1.807) is 0 Å². The first-order chi connectivity index (χ1) is 29.5. The van der Waals surface area contributed by atoms with Crippen LogP contribution in [-0.2, 0) is 63.6 Å². The third-order valence-electron chi connectivity index (χ3n) is 8.40. The molecular weight excluding hydrogens is 1000 g/mol. The number of aromatic carboxylic acids is 6. The molecule has 0 saturated heterocycles. The van der Waals surface area contributed by atoms with Crippen LogP contribution >= 0.6 is 0 Å². The van der Waals surface area contributed by atoms with Crippen molar-refractivity contribution in [3.8, 4) is 0 Å². The van der Waals surface area contributed by atoms with Gasteiger partial charge >= 0.3 is 34.1 Å². The molecule has 0 N–H and O–H groups in total. The van der Waals surface area contributed by atoms with Crippen LogP contribution in [0, 0.1) is 0 Å². The van der Waals surface area contributed by atoms with Crippen LogP contribution in [0.5, 0.6) is 0 Å². The Hall–Kier alpha value is -6.97. The van der Waals surface area contributed by atoms with Crippen LogP contribution in [0.3, 0.4) is 0 Å². The minimum absolute atomic E-state index is 0. The Morgan fingerprint density at radius 1 is 0.231 bits per heavy atom. The van der Waals surface area contributed by atoms with Gasteiger partial charge in [0.05, 0.1) is 65.2 Å². The van der Waals surface area contributed by atoms with E-state index < -0.39 is 65.3 Å². The average Bonchev–Trinajstić information content (AvgIpc) is 3.27. The fourth-order valence-electron chi connectivity index (χ4n) is 5.03. The van der Waals surface area contributed by atoms with Gasteiger partial charge in [-0.05, 0) is 106 Å². The second-order valence-electron chi connectivity index (χ2n) is 12.4. The van der Waals surface area contributed by atoms with E-state index >= 15 is 0 Å². The summed E-state index contributed by atoms with van der Waals surface area (Å²) in [5.41, 5.74) is -0.826. The zero-order valence-electron chi connectivity index (χ0n) is 32.1. The topological polar surface area (TPSA) is 343 Å². The van der Waals surface area contributed by atoms with E-state index in [0.29, 0.717) is 0 Å². The number of sulfone groups is 3. The summed E-state index contributed by atoms with van der Waals surface area (Å²) < 4.78 is 73.6. The fourth-order valence-corrected chi connectivity index (χ4v) is 8.81. The van der Waals surface area contributed by atoms with Crippen molar-refractivity contribution < 1.29 is 119 Å². The van der Waals surface area contributed by atoms with Crippen molar-refractivity contribution in [2.24, 2.45) is 0 Å². The number of carboxylic acid groups (broad SMARTS) is 6. The molecule has 0 aromatic heterocycles. The van der Waals surface area contributed by atoms with Crippen molar-refractivity contribution in [1.82, 2.24) is 0 Å². The molecule has 6 aromatic rings. The van der Waals surface area contributed by atoms with Gasteiger partial charge in [0.25, 0.3) is 0 Å². The molecular formula is C42H24Fe2O18S3. The Morgan fingerprint density at radius 2 is 0.323 bits per heavy atom. The Labute approximate surface area is 390 Å². The van der Waals surface area contributed by atoms with Crippen molar-refractivity contribution >= 4 is 65.3 Å². The summed E-state index contributed by atoms with van der Waals surface area (Å²) in [7, 11) is -11.6. The fraction of sp³-hybridized carbons (Fsp3) is 0. The molecule has 0 spiro atoms. The van der Waals surface area contributed by atoms with Gasteiger partial charge in [-0.2, -0.15) is 0 Å². The molecule has 0 aliphatic heterocycles. The molecule has 0 unspecified atom stereocenters. The quantitative estimate of drug-likeness (QED) is 0.117. The smallest absolute Gasteiger partial charge is 0.545 e. The average molecular weight is 1020 g/mol. The van der Waals surface area contributed by atoms with Gasteiger partial charge in [-0.1, -0.05) is 72.8 Å². The Kier molecular flexibility index (Phi) is 18.8. The van der Waals surface area contributed by atoms with Crippen molar-refractivity contribution in [3.63, 3.8) is 0 Å². The van der Waals surface area contributed by atoms with Gasteiger partial charge in [-0.15, -0.1) is 0 Å². The molecule has 0 aliphatic rings. The van der Waals surface area contributed by atoms with Crippen LogP contribution in [0.25, 0.3) is 0 Å². The summed E-state index contributed by atoms with van der Waals surface area (Å²) in [5.74, 6) is -8.43. The number of carbonyl (C=O) groups excluding carboxylic acids is 6. The number of carboxylic acids is 6. The summed E-state index contributed by atoms with van der Waals surface area (Å²) in [6.45, 7) is 0. The first kappa shape index (κ1) is 54.2. The predicted octanol–water partition coefficient (Wildman–Crippen LogP) is -2.27. The molecule has 0 fully saturated rings. The van der Waals surface area contributed by atoms with Gasteiger partial charge in [-0.3, -0.25) is 0 Å². The summed E-state index contributed by atoms with van der Waals surface area (Å²) in [6.07, 6.45) is 0. The molecule has 0 atom stereocenters. The normalized spacial score (nSPS) is 10.7. The number of benzene rings is 6. The largest absolute Gasteiger partial charge is 3.00 e. The summed E-state index contributed by atoms with van der Waals surface area (Å²) in [6, 6.07) is 27.2. The summed E-state index contributed by atoms with van der Waals surface area (Å²) in [4.78, 5) is 63.0. The molecule has 6 aromatic carbocycles. The van der Waals surface area contributed by atoms with Gasteiger partial charge in [0.2, 0.25) is 29.5 Å². The van der Waals surface area contributed by atoms with Crippen molar-refractivity contribution in [2.45, 2.75) is 29.4 Å². The maximum Gasteiger partial charge on any atom is 3.00 e. The zero-order valence-corrected chi connectivity index (χ0v) is 36.8. The van der Waals surface area contributed by atoms with Gasteiger partial charge < -0.3 is 59.4 Å². The summed E-state index contributed by atoms with van der Waals surface area (Å²) in [5, 5.41) is 63.7. The van der Waals surface area contributed by atoms with E-state index in [1.165, 1.54) is 0 Å². The minimum Gasteiger partial charge on any atom is -0.545 e. The van der Waals surface area contributed by atoms with Gasteiger partial charge in [-0.25, -0.2) is 25.3 Å². The Balaban J connectivity index is 0.000000330. The Morgan fingerprint density at radius 3 is 0.400 bits per heavy atom. The van der Waals surface area contributed by atoms with Crippen LogP contribution in [0.15, 0.2) is 175 Å². The van der Waals surface area contributed by atoms with E-state index in [0.717, 1.165) is 146 Å². The van der Waals surface area contributed by atoms with Crippen LogP contribution in [0.2, 0.25) is 0 Å². The number of hydrogen-bond donors (Lipinski definition) is 0. The molecule has 0 aliphatic carbocycles. The molecule has 65 heavy (non-hydrogen) atoms. The molecule has 0 heterocycles. The molecule has 0 saturated carbocycles. The van der Waals surface area contributed by atoms with E-state index in [-0.39, 0.29) is 96.9 Å². The molecule has 6 rings (SSSR count). The van der Waals surface area contributed by atoms with Crippen LogP contribution in [0.4, 0.5) is 0 Å². The molecule has 23 heteroatoms. The zero-order chi connectivity index (χ0) is 46.9. The van der Waals surface area contributed by atoms with Crippen LogP contribution < -0.4 is 30.6 Å². The number of hydrogen-bond acceptors (Lipinski definition) is 18. The number of rotatable bonds is 12. The van der Waals surface area contributed by atoms with Crippen LogP contribution in [0.1, 0.15) is 62.1 Å². The maximum atomic E-state index is 12.3. The van der Waals surface area contributed by atoms with E-state index in [4.69, 9.17) is 0 Å². The number of carbonyl (C=O) groups is 6. The van der Waals surface area contributed by atoms with Gasteiger partial charge in [0.1, 0.15) is 0 Å². The third-order valence-corrected chi connectivity index (χ3v) is 13.8. The van der Waals surface area contributed by atoms with Crippen molar-refractivity contribution in [1.29, 1.82) is 0 Å². The predicted molar refractivity (Wildman–Crippen MR) is 201 cm³/mol. The molecule has 2 radical (unpaired) electrons. The second-order valence-corrected chi connectivity index (χ2v) is 18.2. The maximum absolute atomic E-state index is 12.3. The second kappa shape index (κ2) is 22.6. The Bertz CT molecular complexity index is 2520. The standard InChI is InChI=1S/3C14H10O6S.2Fe/c3*15-13(16)9-1-5-11(6-2-9)21(19,20)12-7-3-10(4-8-12)14(17)18;;/h3*1-8H,(H,15,16)(H,17,18);;/q;;;2*+3/p-6. The van der Waals surface area contributed by atoms with Crippen molar-refractivity contribution in [2.75, 3.05) is 0 Å². The first-order valence-corrected chi connectivity index (χ1v) is 21.6.